The Bertz CT molecular complexity index is 718. The monoisotopic (exact) mass is 316 g/mol. The van der Waals surface area contributed by atoms with Crippen LogP contribution in [0.4, 0.5) is 15.8 Å². The number of amides is 1. The molecule has 1 heterocycles. The number of benzene rings is 2. The van der Waals surface area contributed by atoms with Crippen LogP contribution >= 0.6 is 0 Å². The SMILES string of the molecule is Nc1ccc2c(c1)OC(Cc1ccc(F)cc1)C(=O)N2CCO. The maximum atomic E-state index is 13.0. The Labute approximate surface area is 133 Å². The molecule has 0 saturated heterocycles. The zero-order chi connectivity index (χ0) is 16.4. The number of carbonyl (C=O) groups excluding carboxylic acids is 1. The lowest BCUT2D eigenvalue weighted by molar-refractivity contribution is -0.126. The van der Waals surface area contributed by atoms with Gasteiger partial charge in [0.2, 0.25) is 0 Å². The largest absolute Gasteiger partial charge is 0.478 e. The van der Waals surface area contributed by atoms with Crippen molar-refractivity contribution in [2.75, 3.05) is 23.8 Å². The first kappa shape index (κ1) is 15.3. The van der Waals surface area contributed by atoms with E-state index in [1.54, 1.807) is 30.3 Å². The highest BCUT2D eigenvalue weighted by Gasteiger charge is 2.34. The summed E-state index contributed by atoms with van der Waals surface area (Å²) in [6, 6.07) is 11.0. The molecule has 3 rings (SSSR count). The summed E-state index contributed by atoms with van der Waals surface area (Å²) in [5, 5.41) is 9.22. The molecule has 5 nitrogen and oxygen atoms in total. The lowest BCUT2D eigenvalue weighted by Gasteiger charge is -2.34. The van der Waals surface area contributed by atoms with Crippen LogP contribution in [-0.4, -0.2) is 30.3 Å². The fraction of sp³-hybridized carbons (Fsp3) is 0.235. The number of hydrogen-bond acceptors (Lipinski definition) is 4. The molecule has 1 unspecified atom stereocenters. The van der Waals surface area contributed by atoms with E-state index in [1.165, 1.54) is 17.0 Å². The lowest BCUT2D eigenvalue weighted by Crippen LogP contribution is -2.48. The molecular weight excluding hydrogens is 299 g/mol. The summed E-state index contributed by atoms with van der Waals surface area (Å²) in [6.45, 7) is 0.0256. The molecule has 1 atom stereocenters. The molecule has 1 amide bonds. The molecule has 0 spiro atoms. The number of halogens is 1. The molecule has 6 heteroatoms. The Morgan fingerprint density at radius 1 is 1.22 bits per heavy atom. The maximum absolute atomic E-state index is 13.0. The van der Waals surface area contributed by atoms with E-state index < -0.39 is 6.10 Å². The molecule has 0 saturated carbocycles. The van der Waals surface area contributed by atoms with Crippen LogP contribution in [0.15, 0.2) is 42.5 Å². The number of aliphatic hydroxyl groups is 1. The molecule has 1 aliphatic rings. The summed E-state index contributed by atoms with van der Waals surface area (Å²) < 4.78 is 18.8. The van der Waals surface area contributed by atoms with Crippen molar-refractivity contribution in [2.24, 2.45) is 0 Å². The second kappa shape index (κ2) is 6.26. The van der Waals surface area contributed by atoms with E-state index in [0.29, 0.717) is 23.5 Å². The van der Waals surface area contributed by atoms with Crippen molar-refractivity contribution in [2.45, 2.75) is 12.5 Å². The molecule has 120 valence electrons. The van der Waals surface area contributed by atoms with Crippen LogP contribution in [0.25, 0.3) is 0 Å². The average molecular weight is 316 g/mol. The summed E-state index contributed by atoms with van der Waals surface area (Å²) in [6.07, 6.45) is -0.420. The number of ether oxygens (including phenoxy) is 1. The van der Waals surface area contributed by atoms with Crippen molar-refractivity contribution >= 4 is 17.3 Å². The molecule has 1 aliphatic heterocycles. The maximum Gasteiger partial charge on any atom is 0.268 e. The van der Waals surface area contributed by atoms with Gasteiger partial charge in [0.1, 0.15) is 11.6 Å². The van der Waals surface area contributed by atoms with E-state index in [9.17, 15) is 14.3 Å². The van der Waals surface area contributed by atoms with Gasteiger partial charge in [0.15, 0.2) is 6.10 Å². The van der Waals surface area contributed by atoms with Crippen molar-refractivity contribution < 1.29 is 19.0 Å². The second-order valence-corrected chi connectivity index (χ2v) is 5.38. The van der Waals surface area contributed by atoms with Crippen molar-refractivity contribution in [3.05, 3.63) is 53.8 Å². The molecule has 0 bridgehead atoms. The fourth-order valence-corrected chi connectivity index (χ4v) is 2.64. The van der Waals surface area contributed by atoms with Gasteiger partial charge in [0, 0.05) is 24.7 Å². The predicted octanol–water partition coefficient (Wildman–Crippen LogP) is 1.74. The van der Waals surface area contributed by atoms with E-state index in [4.69, 9.17) is 10.5 Å². The Balaban J connectivity index is 1.90. The van der Waals surface area contributed by atoms with E-state index in [2.05, 4.69) is 0 Å². The number of β-amino-alcohol motifs (C(OH)–C–C–N with tert-alkyl or cyclic N) is 1. The number of rotatable bonds is 4. The Morgan fingerprint density at radius 3 is 2.65 bits per heavy atom. The predicted molar refractivity (Wildman–Crippen MR) is 84.8 cm³/mol. The number of aliphatic hydroxyl groups excluding tert-OH is 1. The molecular formula is C17H17FN2O3. The quantitative estimate of drug-likeness (QED) is 0.843. The molecule has 23 heavy (non-hydrogen) atoms. The van der Waals surface area contributed by atoms with Gasteiger partial charge in [-0.25, -0.2) is 4.39 Å². The van der Waals surface area contributed by atoms with E-state index in [1.807, 2.05) is 0 Å². The molecule has 2 aromatic rings. The minimum atomic E-state index is -0.735. The zero-order valence-corrected chi connectivity index (χ0v) is 12.4. The van der Waals surface area contributed by atoms with Gasteiger partial charge in [0.25, 0.3) is 5.91 Å². The molecule has 0 radical (unpaired) electrons. The topological polar surface area (TPSA) is 75.8 Å². The van der Waals surface area contributed by atoms with E-state index in [0.717, 1.165) is 5.56 Å². The summed E-state index contributed by atoms with van der Waals surface area (Å²) >= 11 is 0. The summed E-state index contributed by atoms with van der Waals surface area (Å²) in [4.78, 5) is 14.1. The van der Waals surface area contributed by atoms with Gasteiger partial charge in [-0.1, -0.05) is 12.1 Å². The van der Waals surface area contributed by atoms with Crippen LogP contribution in [-0.2, 0) is 11.2 Å². The number of nitrogens with two attached hydrogens (primary N) is 1. The van der Waals surface area contributed by atoms with Crippen molar-refractivity contribution in [1.29, 1.82) is 0 Å². The third-order valence-corrected chi connectivity index (χ3v) is 3.74. The molecule has 2 aromatic carbocycles. The fourth-order valence-electron chi connectivity index (χ4n) is 2.64. The highest BCUT2D eigenvalue weighted by atomic mass is 19.1. The van der Waals surface area contributed by atoms with Crippen LogP contribution in [0.5, 0.6) is 5.75 Å². The molecule has 0 aliphatic carbocycles. The molecule has 3 N–H and O–H groups in total. The molecule has 0 fully saturated rings. The van der Waals surface area contributed by atoms with E-state index in [-0.39, 0.29) is 24.9 Å². The van der Waals surface area contributed by atoms with Crippen molar-refractivity contribution in [3.63, 3.8) is 0 Å². The number of carbonyl (C=O) groups is 1. The van der Waals surface area contributed by atoms with Crippen LogP contribution < -0.4 is 15.4 Å². The Morgan fingerprint density at radius 2 is 1.96 bits per heavy atom. The standard InChI is InChI=1S/C17H17FN2O3/c18-12-3-1-11(2-4-12)9-16-17(22)20(7-8-21)14-6-5-13(19)10-15(14)23-16/h1-6,10,16,21H,7-9,19H2. The normalized spacial score (nSPS) is 16.9. The summed E-state index contributed by atoms with van der Waals surface area (Å²) in [5.41, 5.74) is 7.69. The number of nitrogens with zero attached hydrogens (tertiary/aromatic N) is 1. The minimum Gasteiger partial charge on any atom is -0.478 e. The van der Waals surface area contributed by atoms with Gasteiger partial charge in [0.05, 0.1) is 12.3 Å². The highest BCUT2D eigenvalue weighted by molar-refractivity contribution is 6.00. The number of hydrogen-bond donors (Lipinski definition) is 2. The highest BCUT2D eigenvalue weighted by Crippen LogP contribution is 2.36. The van der Waals surface area contributed by atoms with Gasteiger partial charge >= 0.3 is 0 Å². The van der Waals surface area contributed by atoms with Gasteiger partial charge in [-0.05, 0) is 29.8 Å². The van der Waals surface area contributed by atoms with Crippen LogP contribution in [0.3, 0.4) is 0 Å². The van der Waals surface area contributed by atoms with Crippen molar-refractivity contribution in [1.82, 2.24) is 0 Å². The van der Waals surface area contributed by atoms with Crippen molar-refractivity contribution in [3.8, 4) is 5.75 Å². The Hall–Kier alpha value is -2.60. The summed E-state index contributed by atoms with van der Waals surface area (Å²) in [5.74, 6) is -0.0597. The number of anilines is 2. The van der Waals surface area contributed by atoms with Crippen LogP contribution in [0, 0.1) is 5.82 Å². The van der Waals surface area contributed by atoms with E-state index >= 15 is 0 Å². The summed E-state index contributed by atoms with van der Waals surface area (Å²) in [7, 11) is 0. The number of nitrogen functional groups attached to an aromatic ring is 1. The van der Waals surface area contributed by atoms with Gasteiger partial charge in [-0.3, -0.25) is 4.79 Å². The van der Waals surface area contributed by atoms with Crippen LogP contribution in [0.1, 0.15) is 5.56 Å². The third kappa shape index (κ3) is 3.12. The lowest BCUT2D eigenvalue weighted by atomic mass is 10.0. The smallest absolute Gasteiger partial charge is 0.268 e. The molecule has 0 aromatic heterocycles. The number of fused-ring (bicyclic) bond motifs is 1. The van der Waals surface area contributed by atoms with Gasteiger partial charge in [-0.2, -0.15) is 0 Å². The first-order valence-electron chi connectivity index (χ1n) is 7.31. The first-order valence-corrected chi connectivity index (χ1v) is 7.31. The zero-order valence-electron chi connectivity index (χ0n) is 12.4. The first-order chi connectivity index (χ1) is 11.1. The average Bonchev–Trinajstić information content (AvgIpc) is 2.53. The van der Waals surface area contributed by atoms with Crippen LogP contribution in [0.2, 0.25) is 0 Å². The minimum absolute atomic E-state index is 0.154. The third-order valence-electron chi connectivity index (χ3n) is 3.74. The Kier molecular flexibility index (Phi) is 4.16. The van der Waals surface area contributed by atoms with Gasteiger partial charge < -0.3 is 20.5 Å². The van der Waals surface area contributed by atoms with Gasteiger partial charge in [-0.15, -0.1) is 0 Å². The second-order valence-electron chi connectivity index (χ2n) is 5.38.